The first-order chi connectivity index (χ1) is 32.5. The smallest absolute Gasteiger partial charge is 0.0491 e. The minimum absolute atomic E-state index is 0.00515. The molecule has 0 N–H and O–H groups in total. The second kappa shape index (κ2) is 15.8. The van der Waals surface area contributed by atoms with Crippen LogP contribution in [0.2, 0.25) is 0 Å². The van der Waals surface area contributed by atoms with E-state index in [2.05, 4.69) is 249 Å². The van der Waals surface area contributed by atoms with Gasteiger partial charge < -0.3 is 9.13 Å². The van der Waals surface area contributed by atoms with Crippen LogP contribution in [-0.4, -0.2) is 9.13 Å². The summed E-state index contributed by atoms with van der Waals surface area (Å²) in [5.74, 6) is 0. The Kier molecular flexibility index (Phi) is 10.2. The highest BCUT2D eigenvalue weighted by Crippen LogP contribution is 2.46. The van der Waals surface area contributed by atoms with Crippen LogP contribution in [0.15, 0.2) is 164 Å². The van der Waals surface area contributed by atoms with Gasteiger partial charge in [0.1, 0.15) is 0 Å². The molecule has 0 aliphatic rings. The van der Waals surface area contributed by atoms with Crippen LogP contribution >= 0.6 is 0 Å². The van der Waals surface area contributed by atoms with Gasteiger partial charge in [-0.05, 0) is 167 Å². The molecular weight excluding hydrogens is 821 g/mol. The average Bonchev–Trinajstić information content (AvgIpc) is 3.82. The lowest BCUT2D eigenvalue weighted by Gasteiger charge is -2.23. The van der Waals surface area contributed by atoms with Gasteiger partial charge in [-0.2, -0.15) is 0 Å². The zero-order valence-corrected chi connectivity index (χ0v) is 41.9. The number of nitrogens with zero attached hydrogens (tertiary/aromatic N) is 2. The summed E-state index contributed by atoms with van der Waals surface area (Å²) in [6.45, 7) is 27.2. The monoisotopic (exact) mass is 885 g/mol. The Morgan fingerprint density at radius 2 is 0.574 bits per heavy atom. The van der Waals surface area contributed by atoms with Crippen molar-refractivity contribution in [1.29, 1.82) is 0 Å². The molecule has 0 aliphatic heterocycles. The van der Waals surface area contributed by atoms with Crippen LogP contribution in [0, 0.1) is 0 Å². The predicted molar refractivity (Wildman–Crippen MR) is 297 cm³/mol. The van der Waals surface area contributed by atoms with Gasteiger partial charge in [0, 0.05) is 56.7 Å². The maximum Gasteiger partial charge on any atom is 0.0491 e. The summed E-state index contributed by atoms with van der Waals surface area (Å²) in [6.07, 6.45) is 0. The molecule has 9 aromatic carbocycles. The summed E-state index contributed by atoms with van der Waals surface area (Å²) >= 11 is 0. The van der Waals surface area contributed by atoms with Gasteiger partial charge in [-0.3, -0.25) is 0 Å². The van der Waals surface area contributed by atoms with E-state index >= 15 is 0 Å². The molecule has 0 radical (unpaired) electrons. The number of fused-ring (bicyclic) bond motifs is 8. The molecule has 0 unspecified atom stereocenters. The normalized spacial score (nSPS) is 12.8. The van der Waals surface area contributed by atoms with Crippen LogP contribution in [-0.2, 0) is 29.3 Å². The summed E-state index contributed by atoms with van der Waals surface area (Å²) in [4.78, 5) is 0. The van der Waals surface area contributed by atoms with E-state index in [1.165, 1.54) is 126 Å². The topological polar surface area (TPSA) is 9.86 Å². The fourth-order valence-corrected chi connectivity index (χ4v) is 11.1. The zero-order valence-electron chi connectivity index (χ0n) is 41.9. The highest BCUT2D eigenvalue weighted by atomic mass is 15.0. The first-order valence-electron chi connectivity index (χ1n) is 24.9. The third kappa shape index (κ3) is 7.14. The molecule has 11 rings (SSSR count). The number of hydrogen-bond acceptors (Lipinski definition) is 0. The lowest BCUT2D eigenvalue weighted by Crippen LogP contribution is -2.10. The molecule has 11 aromatic rings. The maximum atomic E-state index is 2.47. The molecule has 2 heteroatoms. The quantitative estimate of drug-likeness (QED) is 0.147. The summed E-state index contributed by atoms with van der Waals surface area (Å²) in [5.41, 5.74) is 19.4. The Hall–Kier alpha value is -6.90. The third-order valence-electron chi connectivity index (χ3n) is 15.0. The van der Waals surface area contributed by atoms with Crippen molar-refractivity contribution in [3.63, 3.8) is 0 Å². The Balaban J connectivity index is 1.03. The molecular formula is C66H64N2. The van der Waals surface area contributed by atoms with Gasteiger partial charge in [0.2, 0.25) is 0 Å². The highest BCUT2D eigenvalue weighted by Gasteiger charge is 2.23. The zero-order chi connectivity index (χ0) is 47.4. The van der Waals surface area contributed by atoms with E-state index in [1.807, 2.05) is 0 Å². The second-order valence-electron chi connectivity index (χ2n) is 22.4. The summed E-state index contributed by atoms with van der Waals surface area (Å²) in [5, 5.41) is 10.4. The first-order valence-corrected chi connectivity index (χ1v) is 24.9. The number of rotatable bonds is 6. The van der Waals surface area contributed by atoms with Crippen LogP contribution < -0.4 is 0 Å². The summed E-state index contributed by atoms with van der Waals surface area (Å²) < 4.78 is 4.91. The van der Waals surface area contributed by atoms with Crippen molar-refractivity contribution in [1.82, 2.24) is 9.13 Å². The Morgan fingerprint density at radius 1 is 0.279 bits per heavy atom. The largest absolute Gasteiger partial charge is 0.341 e. The molecule has 2 heterocycles. The van der Waals surface area contributed by atoms with Crippen molar-refractivity contribution in [2.45, 2.75) is 105 Å². The van der Waals surface area contributed by atoms with Crippen molar-refractivity contribution in [3.8, 4) is 44.5 Å². The SMILES string of the molecule is CCn1c2ccc(-c3ccc(-c4c5ccccc5c(-c5ccc(-c6ccc7c(c6)c6cc(C(C)(C)C)ccc6n7CC)cc5)c5cc(C(C)(C)C)ccc45)cc3)cc2c2cc(C(C)(C)C)ccc21. The van der Waals surface area contributed by atoms with Crippen LogP contribution in [0.1, 0.15) is 92.9 Å². The van der Waals surface area contributed by atoms with Crippen LogP contribution in [0.3, 0.4) is 0 Å². The molecule has 0 atom stereocenters. The van der Waals surface area contributed by atoms with Gasteiger partial charge in [-0.25, -0.2) is 0 Å². The number of aromatic nitrogens is 2. The third-order valence-corrected chi connectivity index (χ3v) is 15.0. The van der Waals surface area contributed by atoms with Crippen LogP contribution in [0.25, 0.3) is 110 Å². The maximum absolute atomic E-state index is 2.47. The molecule has 0 saturated carbocycles. The van der Waals surface area contributed by atoms with E-state index in [9.17, 15) is 0 Å². The van der Waals surface area contributed by atoms with Gasteiger partial charge in [-0.15, -0.1) is 0 Å². The minimum atomic E-state index is -0.00515. The fourth-order valence-electron chi connectivity index (χ4n) is 11.1. The molecule has 338 valence electrons. The number of aryl methyl sites for hydroxylation is 2. The van der Waals surface area contributed by atoms with E-state index in [0.717, 1.165) is 13.1 Å². The predicted octanol–water partition coefficient (Wildman–Crippen LogP) is 18.8. The average molecular weight is 885 g/mol. The first kappa shape index (κ1) is 43.7. The summed E-state index contributed by atoms with van der Waals surface area (Å²) in [6, 6.07) is 63.2. The molecule has 68 heavy (non-hydrogen) atoms. The fraction of sp³-hybridized carbons (Fsp3) is 0.242. The van der Waals surface area contributed by atoms with E-state index < -0.39 is 0 Å². The molecule has 0 bridgehead atoms. The highest BCUT2D eigenvalue weighted by molar-refractivity contribution is 6.22. The molecule has 0 amide bonds. The Labute approximate surface area is 402 Å². The molecule has 0 aliphatic carbocycles. The van der Waals surface area contributed by atoms with Gasteiger partial charge >= 0.3 is 0 Å². The van der Waals surface area contributed by atoms with Gasteiger partial charge in [0.25, 0.3) is 0 Å². The van der Waals surface area contributed by atoms with Gasteiger partial charge in [-0.1, -0.05) is 172 Å². The van der Waals surface area contributed by atoms with Gasteiger partial charge in [0.05, 0.1) is 0 Å². The summed E-state index contributed by atoms with van der Waals surface area (Å²) in [7, 11) is 0. The molecule has 2 aromatic heterocycles. The van der Waals surface area contributed by atoms with Crippen LogP contribution in [0.5, 0.6) is 0 Å². The molecule has 2 nitrogen and oxygen atoms in total. The molecule has 0 fully saturated rings. The van der Waals surface area contributed by atoms with Gasteiger partial charge in [0.15, 0.2) is 0 Å². The number of benzene rings is 9. The molecule has 0 spiro atoms. The van der Waals surface area contributed by atoms with Crippen molar-refractivity contribution in [3.05, 3.63) is 180 Å². The Morgan fingerprint density at radius 3 is 0.956 bits per heavy atom. The second-order valence-corrected chi connectivity index (χ2v) is 22.4. The Bertz CT molecular complexity index is 3770. The lowest BCUT2D eigenvalue weighted by molar-refractivity contribution is 0.591. The number of hydrogen-bond donors (Lipinski definition) is 0. The lowest BCUT2D eigenvalue weighted by atomic mass is 9.81. The van der Waals surface area contributed by atoms with E-state index in [-0.39, 0.29) is 16.2 Å². The van der Waals surface area contributed by atoms with Crippen molar-refractivity contribution >= 4 is 65.2 Å². The standard InChI is InChI=1S/C66H64N2/c1-12-67-58-32-26-45(36-53(58)55-38-48(65(6,7)8)29-34-60(55)67)41-18-22-43(23-19-41)62-50-16-14-15-17-51(50)63(57-40-47(64(3,4)5)28-31-52(57)62)44-24-20-42(21-25-44)46-27-33-59-54(37-46)56-39-49(66(9,10)11)30-35-61(56)68(59)13-2/h14-40H,12-13H2,1-11H3. The van der Waals surface area contributed by atoms with Crippen molar-refractivity contribution in [2.24, 2.45) is 0 Å². The minimum Gasteiger partial charge on any atom is -0.341 e. The van der Waals surface area contributed by atoms with E-state index in [1.54, 1.807) is 0 Å². The van der Waals surface area contributed by atoms with Crippen molar-refractivity contribution in [2.75, 3.05) is 0 Å². The van der Waals surface area contributed by atoms with Crippen LogP contribution in [0.4, 0.5) is 0 Å². The van der Waals surface area contributed by atoms with Crippen molar-refractivity contribution < 1.29 is 0 Å². The van der Waals surface area contributed by atoms with E-state index in [0.29, 0.717) is 0 Å². The molecule has 0 saturated heterocycles. The van der Waals surface area contributed by atoms with E-state index in [4.69, 9.17) is 0 Å².